The average Bonchev–Trinajstić information content (AvgIpc) is 2.38. The van der Waals surface area contributed by atoms with Gasteiger partial charge in [-0.15, -0.1) is 0 Å². The predicted octanol–water partition coefficient (Wildman–Crippen LogP) is 0.757. The summed E-state index contributed by atoms with van der Waals surface area (Å²) in [6.45, 7) is 3.58. The highest BCUT2D eigenvalue weighted by atomic mass is 16.5. The summed E-state index contributed by atoms with van der Waals surface area (Å²) in [6, 6.07) is 8.03. The molecule has 0 heterocycles. The predicted molar refractivity (Wildman–Crippen MR) is 69.3 cm³/mol. The van der Waals surface area contributed by atoms with Crippen LogP contribution < -0.4 is 15.4 Å². The van der Waals surface area contributed by atoms with Gasteiger partial charge in [0, 0.05) is 18.7 Å². The third-order valence-electron chi connectivity index (χ3n) is 2.50. The van der Waals surface area contributed by atoms with E-state index in [9.17, 15) is 0 Å². The van der Waals surface area contributed by atoms with Crippen molar-refractivity contribution in [1.29, 1.82) is 0 Å². The molecule has 1 rings (SSSR count). The highest BCUT2D eigenvalue weighted by Crippen LogP contribution is 2.16. The van der Waals surface area contributed by atoms with Crippen molar-refractivity contribution in [2.75, 3.05) is 33.4 Å². The molecule has 0 radical (unpaired) electrons. The fourth-order valence-corrected chi connectivity index (χ4v) is 1.61. The van der Waals surface area contributed by atoms with Gasteiger partial charge < -0.3 is 20.5 Å². The monoisotopic (exact) mass is 238 g/mol. The Morgan fingerprint density at radius 2 is 1.88 bits per heavy atom. The van der Waals surface area contributed by atoms with Gasteiger partial charge in [0.15, 0.2) is 0 Å². The standard InChI is InChI=1S/C13H22N2O2/c1-17-13-6-3-2-5-12(13)11-15-8-4-7-14-9-10-16/h2-3,5-6,14-16H,4,7-11H2,1H3. The number of methoxy groups -OCH3 is 1. The molecule has 4 nitrogen and oxygen atoms in total. The van der Waals surface area contributed by atoms with Gasteiger partial charge in [-0.1, -0.05) is 18.2 Å². The van der Waals surface area contributed by atoms with E-state index in [1.165, 1.54) is 5.56 Å². The summed E-state index contributed by atoms with van der Waals surface area (Å²) in [5.41, 5.74) is 1.18. The Labute approximate surface area is 103 Å². The first-order valence-electron chi connectivity index (χ1n) is 6.02. The van der Waals surface area contributed by atoms with Crippen LogP contribution >= 0.6 is 0 Å². The van der Waals surface area contributed by atoms with Gasteiger partial charge in [-0.2, -0.15) is 0 Å². The first-order chi connectivity index (χ1) is 8.38. The van der Waals surface area contributed by atoms with Crippen LogP contribution in [0.3, 0.4) is 0 Å². The van der Waals surface area contributed by atoms with Crippen molar-refractivity contribution in [3.05, 3.63) is 29.8 Å². The van der Waals surface area contributed by atoms with Crippen LogP contribution in [0, 0.1) is 0 Å². The molecule has 0 aliphatic carbocycles. The second kappa shape index (κ2) is 8.98. The number of aliphatic hydroxyl groups excluding tert-OH is 1. The zero-order valence-electron chi connectivity index (χ0n) is 10.4. The molecule has 0 saturated heterocycles. The summed E-state index contributed by atoms with van der Waals surface area (Å²) in [4.78, 5) is 0. The molecule has 0 aliphatic rings. The van der Waals surface area contributed by atoms with E-state index in [2.05, 4.69) is 16.7 Å². The molecule has 17 heavy (non-hydrogen) atoms. The molecule has 4 heteroatoms. The van der Waals surface area contributed by atoms with Crippen LogP contribution in [0.15, 0.2) is 24.3 Å². The van der Waals surface area contributed by atoms with Crippen LogP contribution in [0.4, 0.5) is 0 Å². The highest BCUT2D eigenvalue weighted by Gasteiger charge is 1.99. The van der Waals surface area contributed by atoms with Crippen LogP contribution in [-0.4, -0.2) is 38.5 Å². The van der Waals surface area contributed by atoms with Crippen LogP contribution in [-0.2, 0) is 6.54 Å². The number of hydrogen-bond donors (Lipinski definition) is 3. The molecule has 0 atom stereocenters. The van der Waals surface area contributed by atoms with Crippen LogP contribution in [0.2, 0.25) is 0 Å². The number of benzene rings is 1. The van der Waals surface area contributed by atoms with Gasteiger partial charge in [-0.05, 0) is 25.6 Å². The van der Waals surface area contributed by atoms with Crippen molar-refractivity contribution in [1.82, 2.24) is 10.6 Å². The summed E-state index contributed by atoms with van der Waals surface area (Å²) < 4.78 is 5.28. The summed E-state index contributed by atoms with van der Waals surface area (Å²) in [7, 11) is 1.69. The second-order valence-electron chi connectivity index (χ2n) is 3.82. The second-order valence-corrected chi connectivity index (χ2v) is 3.82. The van der Waals surface area contributed by atoms with Crippen molar-refractivity contribution in [3.8, 4) is 5.75 Å². The van der Waals surface area contributed by atoms with Gasteiger partial charge in [0.25, 0.3) is 0 Å². The molecule has 0 bridgehead atoms. The maximum Gasteiger partial charge on any atom is 0.123 e. The van der Waals surface area contributed by atoms with Gasteiger partial charge in [0.2, 0.25) is 0 Å². The molecule has 0 fully saturated rings. The zero-order valence-corrected chi connectivity index (χ0v) is 10.4. The Kier molecular flexibility index (Phi) is 7.38. The molecule has 0 unspecified atom stereocenters. The zero-order chi connectivity index (χ0) is 12.3. The molecular weight excluding hydrogens is 216 g/mol. The molecule has 1 aromatic rings. The molecule has 0 saturated carbocycles. The molecule has 96 valence electrons. The van der Waals surface area contributed by atoms with E-state index in [0.717, 1.165) is 31.8 Å². The van der Waals surface area contributed by atoms with E-state index < -0.39 is 0 Å². The molecule has 1 aromatic carbocycles. The van der Waals surface area contributed by atoms with E-state index in [-0.39, 0.29) is 6.61 Å². The minimum atomic E-state index is 0.203. The lowest BCUT2D eigenvalue weighted by Crippen LogP contribution is -2.23. The van der Waals surface area contributed by atoms with Crippen LogP contribution in [0.1, 0.15) is 12.0 Å². The maximum absolute atomic E-state index is 8.58. The van der Waals surface area contributed by atoms with Gasteiger partial charge in [-0.3, -0.25) is 0 Å². The fourth-order valence-electron chi connectivity index (χ4n) is 1.61. The average molecular weight is 238 g/mol. The number of hydrogen-bond acceptors (Lipinski definition) is 4. The normalized spacial score (nSPS) is 10.5. The Hall–Kier alpha value is -1.10. The quantitative estimate of drug-likeness (QED) is 0.556. The minimum Gasteiger partial charge on any atom is -0.496 e. The van der Waals surface area contributed by atoms with E-state index in [0.29, 0.717) is 6.54 Å². The third-order valence-corrected chi connectivity index (χ3v) is 2.50. The van der Waals surface area contributed by atoms with Gasteiger partial charge in [-0.25, -0.2) is 0 Å². The maximum atomic E-state index is 8.58. The summed E-state index contributed by atoms with van der Waals surface area (Å²) >= 11 is 0. The van der Waals surface area contributed by atoms with Gasteiger partial charge in [0.1, 0.15) is 5.75 Å². The van der Waals surface area contributed by atoms with Crippen LogP contribution in [0.5, 0.6) is 5.75 Å². The number of nitrogens with one attached hydrogen (secondary N) is 2. The Balaban J connectivity index is 2.13. The number of rotatable bonds is 9. The van der Waals surface area contributed by atoms with Crippen molar-refractivity contribution >= 4 is 0 Å². The molecule has 0 aliphatic heterocycles. The van der Waals surface area contributed by atoms with E-state index in [1.807, 2.05) is 18.2 Å². The van der Waals surface area contributed by atoms with Crippen molar-refractivity contribution < 1.29 is 9.84 Å². The summed E-state index contributed by atoms with van der Waals surface area (Å²) in [5, 5.41) is 15.1. The molecule has 3 N–H and O–H groups in total. The summed E-state index contributed by atoms with van der Waals surface area (Å²) in [6.07, 6.45) is 1.05. The largest absolute Gasteiger partial charge is 0.496 e. The van der Waals surface area contributed by atoms with Crippen molar-refractivity contribution in [3.63, 3.8) is 0 Å². The Morgan fingerprint density at radius 3 is 2.65 bits per heavy atom. The first-order valence-corrected chi connectivity index (χ1v) is 6.02. The number of para-hydroxylation sites is 1. The van der Waals surface area contributed by atoms with Gasteiger partial charge in [0.05, 0.1) is 13.7 Å². The van der Waals surface area contributed by atoms with Crippen molar-refractivity contribution in [2.24, 2.45) is 0 Å². The topological polar surface area (TPSA) is 53.5 Å². The van der Waals surface area contributed by atoms with E-state index in [4.69, 9.17) is 9.84 Å². The van der Waals surface area contributed by atoms with E-state index in [1.54, 1.807) is 7.11 Å². The molecule has 0 aromatic heterocycles. The minimum absolute atomic E-state index is 0.203. The third kappa shape index (κ3) is 5.68. The smallest absolute Gasteiger partial charge is 0.123 e. The Morgan fingerprint density at radius 1 is 1.12 bits per heavy atom. The molecular formula is C13H22N2O2. The lowest BCUT2D eigenvalue weighted by Gasteiger charge is -2.09. The SMILES string of the molecule is COc1ccccc1CNCCCNCCO. The highest BCUT2D eigenvalue weighted by molar-refractivity contribution is 5.32. The number of aliphatic hydroxyl groups is 1. The first kappa shape index (κ1) is 14.0. The molecule has 0 amide bonds. The van der Waals surface area contributed by atoms with Crippen LogP contribution in [0.25, 0.3) is 0 Å². The fraction of sp³-hybridized carbons (Fsp3) is 0.538. The molecule has 0 spiro atoms. The Bertz CT molecular complexity index is 305. The number of ether oxygens (including phenoxy) is 1. The lowest BCUT2D eigenvalue weighted by molar-refractivity contribution is 0.292. The van der Waals surface area contributed by atoms with Gasteiger partial charge >= 0.3 is 0 Å². The lowest BCUT2D eigenvalue weighted by atomic mass is 10.2. The summed E-state index contributed by atoms with van der Waals surface area (Å²) in [5.74, 6) is 0.929. The van der Waals surface area contributed by atoms with E-state index >= 15 is 0 Å². The van der Waals surface area contributed by atoms with Crippen molar-refractivity contribution in [2.45, 2.75) is 13.0 Å².